The van der Waals surface area contributed by atoms with Crippen LogP contribution in [0.25, 0.3) is 0 Å². The van der Waals surface area contributed by atoms with Crippen molar-refractivity contribution in [3.63, 3.8) is 0 Å². The summed E-state index contributed by atoms with van der Waals surface area (Å²) in [6, 6.07) is 6.55. The SMILES string of the molecule is Cc1cccc2c1C1CCC3(C)C(C(C)CCCC(C)C)CCC3C1C/C2=N\O. The van der Waals surface area contributed by atoms with E-state index in [9.17, 15) is 5.21 Å². The number of oxime groups is 1. The van der Waals surface area contributed by atoms with Crippen LogP contribution in [0.5, 0.6) is 0 Å². The lowest BCUT2D eigenvalue weighted by molar-refractivity contribution is 0.0168. The first kappa shape index (κ1) is 20.9. The molecule has 2 fully saturated rings. The number of hydrogen-bond acceptors (Lipinski definition) is 2. The Labute approximate surface area is 178 Å². The molecule has 0 heterocycles. The van der Waals surface area contributed by atoms with Gasteiger partial charge in [0.2, 0.25) is 0 Å². The number of hydrogen-bond donors (Lipinski definition) is 1. The standard InChI is InChI=1S/C27H41NO/c1-17(2)8-6-9-18(3)23-12-13-24-22-16-25(28-29)21-11-7-10-19(4)26(21)20(22)14-15-27(23,24)5/h7,10-11,17-18,20,22-24,29H,6,8-9,12-16H2,1-5H3/b28-25+. The van der Waals surface area contributed by atoms with Gasteiger partial charge >= 0.3 is 0 Å². The lowest BCUT2D eigenvalue weighted by atomic mass is 9.52. The van der Waals surface area contributed by atoms with E-state index < -0.39 is 0 Å². The van der Waals surface area contributed by atoms with Gasteiger partial charge in [0.25, 0.3) is 0 Å². The van der Waals surface area contributed by atoms with E-state index in [1.807, 2.05) is 0 Å². The number of aryl methyl sites for hydroxylation is 1. The number of nitrogens with zero attached hydrogens (tertiary/aromatic N) is 1. The fraction of sp³-hybridized carbons (Fsp3) is 0.741. The van der Waals surface area contributed by atoms with E-state index in [-0.39, 0.29) is 0 Å². The van der Waals surface area contributed by atoms with Crippen molar-refractivity contribution in [2.75, 3.05) is 0 Å². The van der Waals surface area contributed by atoms with Gasteiger partial charge in [-0.1, -0.05) is 70.3 Å². The van der Waals surface area contributed by atoms with Gasteiger partial charge in [-0.25, -0.2) is 0 Å². The molecule has 0 amide bonds. The Morgan fingerprint density at radius 1 is 1.14 bits per heavy atom. The van der Waals surface area contributed by atoms with Crippen LogP contribution in [0.2, 0.25) is 0 Å². The molecule has 1 aromatic carbocycles. The maximum Gasteiger partial charge on any atom is 0.0873 e. The molecule has 1 N–H and O–H groups in total. The molecule has 0 aliphatic heterocycles. The van der Waals surface area contributed by atoms with E-state index in [0.717, 1.165) is 35.8 Å². The highest BCUT2D eigenvalue weighted by Crippen LogP contribution is 2.64. The molecule has 6 atom stereocenters. The van der Waals surface area contributed by atoms with Crippen molar-refractivity contribution in [1.82, 2.24) is 0 Å². The average molecular weight is 396 g/mol. The van der Waals surface area contributed by atoms with Gasteiger partial charge in [0.05, 0.1) is 5.71 Å². The Morgan fingerprint density at radius 3 is 2.66 bits per heavy atom. The van der Waals surface area contributed by atoms with Crippen LogP contribution in [-0.4, -0.2) is 10.9 Å². The third-order valence-electron chi connectivity index (χ3n) is 9.19. The molecule has 1 aromatic rings. The first-order valence-electron chi connectivity index (χ1n) is 12.2. The highest BCUT2D eigenvalue weighted by molar-refractivity contribution is 6.03. The van der Waals surface area contributed by atoms with Crippen molar-refractivity contribution in [2.24, 2.45) is 40.2 Å². The molecule has 0 bridgehead atoms. The molecule has 2 heteroatoms. The number of rotatable bonds is 5. The summed E-state index contributed by atoms with van der Waals surface area (Å²) in [5.74, 6) is 4.62. The maximum absolute atomic E-state index is 9.79. The van der Waals surface area contributed by atoms with E-state index >= 15 is 0 Å². The summed E-state index contributed by atoms with van der Waals surface area (Å²) < 4.78 is 0. The quantitative estimate of drug-likeness (QED) is 0.405. The second kappa shape index (κ2) is 8.08. The van der Waals surface area contributed by atoms with Crippen LogP contribution >= 0.6 is 0 Å². The first-order valence-corrected chi connectivity index (χ1v) is 12.2. The van der Waals surface area contributed by atoms with Crippen molar-refractivity contribution >= 4 is 5.71 Å². The van der Waals surface area contributed by atoms with E-state index in [0.29, 0.717) is 17.3 Å². The lowest BCUT2D eigenvalue weighted by Crippen LogP contribution is -2.44. The van der Waals surface area contributed by atoms with Crippen LogP contribution in [0.4, 0.5) is 0 Å². The predicted molar refractivity (Wildman–Crippen MR) is 122 cm³/mol. The van der Waals surface area contributed by atoms with Crippen LogP contribution in [-0.2, 0) is 0 Å². The molecule has 6 unspecified atom stereocenters. The zero-order chi connectivity index (χ0) is 20.8. The average Bonchev–Trinajstić information content (AvgIpc) is 3.04. The van der Waals surface area contributed by atoms with E-state index in [4.69, 9.17) is 0 Å². The highest BCUT2D eigenvalue weighted by atomic mass is 16.4. The molecule has 0 aromatic heterocycles. The van der Waals surface area contributed by atoms with Gasteiger partial charge in [0.15, 0.2) is 0 Å². The van der Waals surface area contributed by atoms with E-state index in [1.165, 1.54) is 61.6 Å². The third kappa shape index (κ3) is 3.55. The molecule has 160 valence electrons. The summed E-state index contributed by atoms with van der Waals surface area (Å²) in [7, 11) is 0. The Bertz CT molecular complexity index is 766. The van der Waals surface area contributed by atoms with Gasteiger partial charge in [0, 0.05) is 5.56 Å². The summed E-state index contributed by atoms with van der Waals surface area (Å²) >= 11 is 0. The fourth-order valence-corrected chi connectivity index (χ4v) is 7.81. The molecular formula is C27H41NO. The second-order valence-corrected chi connectivity index (χ2v) is 11.2. The minimum atomic E-state index is 0.471. The van der Waals surface area contributed by atoms with Crippen molar-refractivity contribution in [3.8, 4) is 0 Å². The van der Waals surface area contributed by atoms with Crippen LogP contribution < -0.4 is 0 Å². The van der Waals surface area contributed by atoms with Crippen LogP contribution in [0.15, 0.2) is 23.4 Å². The van der Waals surface area contributed by atoms with Gasteiger partial charge in [0.1, 0.15) is 0 Å². The normalized spacial score (nSPS) is 36.0. The number of fused-ring (bicyclic) bond motifs is 5. The monoisotopic (exact) mass is 395 g/mol. The first-order chi connectivity index (χ1) is 13.9. The zero-order valence-corrected chi connectivity index (χ0v) is 19.2. The lowest BCUT2D eigenvalue weighted by Gasteiger charge is -2.52. The second-order valence-electron chi connectivity index (χ2n) is 11.2. The summed E-state index contributed by atoms with van der Waals surface area (Å²) in [4.78, 5) is 0. The molecule has 29 heavy (non-hydrogen) atoms. The predicted octanol–water partition coefficient (Wildman–Crippen LogP) is 7.57. The van der Waals surface area contributed by atoms with Crippen molar-refractivity contribution in [2.45, 2.75) is 91.9 Å². The Morgan fingerprint density at radius 2 is 1.93 bits per heavy atom. The number of benzene rings is 1. The minimum absolute atomic E-state index is 0.471. The molecule has 0 radical (unpaired) electrons. The highest BCUT2D eigenvalue weighted by Gasteiger charge is 2.56. The van der Waals surface area contributed by atoms with Crippen molar-refractivity contribution < 1.29 is 5.21 Å². The van der Waals surface area contributed by atoms with E-state index in [2.05, 4.69) is 58.0 Å². The zero-order valence-electron chi connectivity index (χ0n) is 19.2. The summed E-state index contributed by atoms with van der Waals surface area (Å²) in [5, 5.41) is 13.6. The maximum atomic E-state index is 9.79. The van der Waals surface area contributed by atoms with Gasteiger partial charge in [-0.3, -0.25) is 0 Å². The molecule has 3 aliphatic rings. The van der Waals surface area contributed by atoms with Gasteiger partial charge in [-0.05, 0) is 91.1 Å². The molecule has 2 nitrogen and oxygen atoms in total. The smallest absolute Gasteiger partial charge is 0.0873 e. The fourth-order valence-electron chi connectivity index (χ4n) is 7.81. The Kier molecular flexibility index (Phi) is 5.84. The molecule has 0 spiro atoms. The van der Waals surface area contributed by atoms with Crippen LogP contribution in [0.3, 0.4) is 0 Å². The van der Waals surface area contributed by atoms with Gasteiger partial charge < -0.3 is 5.21 Å². The Balaban J connectivity index is 1.58. The van der Waals surface area contributed by atoms with Crippen LogP contribution in [0, 0.1) is 41.9 Å². The molecule has 2 saturated carbocycles. The molecule has 0 saturated heterocycles. The van der Waals surface area contributed by atoms with Gasteiger partial charge in [-0.15, -0.1) is 0 Å². The van der Waals surface area contributed by atoms with E-state index in [1.54, 1.807) is 0 Å². The molecular weight excluding hydrogens is 354 g/mol. The Hall–Kier alpha value is -1.31. The molecule has 4 rings (SSSR count). The third-order valence-corrected chi connectivity index (χ3v) is 9.19. The van der Waals surface area contributed by atoms with Crippen molar-refractivity contribution in [3.05, 3.63) is 34.9 Å². The molecule has 3 aliphatic carbocycles. The summed E-state index contributed by atoms with van der Waals surface area (Å²) in [6.07, 6.45) is 10.6. The van der Waals surface area contributed by atoms with Crippen LogP contribution in [0.1, 0.15) is 102 Å². The topological polar surface area (TPSA) is 32.6 Å². The summed E-state index contributed by atoms with van der Waals surface area (Å²) in [6.45, 7) is 12.1. The van der Waals surface area contributed by atoms with Gasteiger partial charge in [-0.2, -0.15) is 0 Å². The largest absolute Gasteiger partial charge is 0.411 e. The minimum Gasteiger partial charge on any atom is -0.411 e. The summed E-state index contributed by atoms with van der Waals surface area (Å²) in [5.41, 5.74) is 5.50. The van der Waals surface area contributed by atoms with Crippen molar-refractivity contribution in [1.29, 1.82) is 0 Å².